The fraction of sp³-hybridized carbons (Fsp3) is 0.200. The molecule has 0 saturated heterocycles. The molecule has 24 heavy (non-hydrogen) atoms. The number of nitrogens with one attached hydrogen (secondary N) is 3. The average Bonchev–Trinajstić information content (AvgIpc) is 2.52. The second-order valence-corrected chi connectivity index (χ2v) is 5.61. The van der Waals surface area contributed by atoms with Gasteiger partial charge in [-0.3, -0.25) is 14.4 Å². The molecule has 0 unspecified atom stereocenters. The number of esters is 1. The minimum atomic E-state index is -0.778. The van der Waals surface area contributed by atoms with Crippen molar-refractivity contribution in [3.63, 3.8) is 0 Å². The maximum Gasteiger partial charge on any atom is 0.330 e. The van der Waals surface area contributed by atoms with E-state index in [1.54, 1.807) is 19.1 Å². The Labute approximate surface area is 144 Å². The summed E-state index contributed by atoms with van der Waals surface area (Å²) in [7, 11) is 0. The lowest BCUT2D eigenvalue weighted by Gasteiger charge is -2.08. The number of fused-ring (bicyclic) bond motifs is 1. The lowest BCUT2D eigenvalue weighted by Crippen LogP contribution is -2.29. The van der Waals surface area contributed by atoms with E-state index in [1.165, 1.54) is 0 Å². The Kier molecular flexibility index (Phi) is 5.69. The van der Waals surface area contributed by atoms with Crippen LogP contribution in [0.4, 0.5) is 0 Å². The summed E-state index contributed by atoms with van der Waals surface area (Å²) in [6.45, 7) is 1.97. The van der Waals surface area contributed by atoms with Crippen LogP contribution in [-0.4, -0.2) is 28.5 Å². The molecule has 0 aliphatic carbocycles. The number of carbonyl (C=O) groups is 2. The quantitative estimate of drug-likeness (QED) is 0.391. The van der Waals surface area contributed by atoms with Gasteiger partial charge in [-0.25, -0.2) is 4.79 Å². The van der Waals surface area contributed by atoms with Crippen molar-refractivity contribution in [3.8, 4) is 0 Å². The first kappa shape index (κ1) is 17.7. The normalized spacial score (nSPS) is 10.9. The highest BCUT2D eigenvalue weighted by atomic mass is 79.9. The zero-order valence-electron chi connectivity index (χ0n) is 12.6. The van der Waals surface area contributed by atoms with E-state index in [9.17, 15) is 19.2 Å². The van der Waals surface area contributed by atoms with E-state index >= 15 is 0 Å². The van der Waals surface area contributed by atoms with Crippen LogP contribution < -0.4 is 16.4 Å². The molecule has 2 rings (SSSR count). The van der Waals surface area contributed by atoms with Crippen molar-refractivity contribution in [2.24, 2.45) is 0 Å². The third kappa shape index (κ3) is 4.42. The zero-order chi connectivity index (χ0) is 17.7. The first-order chi connectivity index (χ1) is 11.4. The number of amides is 1. The van der Waals surface area contributed by atoms with Crippen LogP contribution >= 0.6 is 15.9 Å². The van der Waals surface area contributed by atoms with E-state index < -0.39 is 23.0 Å². The highest BCUT2D eigenvalue weighted by Crippen LogP contribution is 2.20. The Balaban J connectivity index is 2.19. The van der Waals surface area contributed by atoms with Gasteiger partial charge in [0.25, 0.3) is 0 Å². The summed E-state index contributed by atoms with van der Waals surface area (Å²) in [6, 6.07) is 3.34. The molecule has 0 saturated carbocycles. The number of hydrogen-bond acceptors (Lipinski definition) is 5. The van der Waals surface area contributed by atoms with Gasteiger partial charge in [0.2, 0.25) is 5.91 Å². The smallest absolute Gasteiger partial charge is 0.330 e. The van der Waals surface area contributed by atoms with Gasteiger partial charge < -0.3 is 20.0 Å². The standard InChI is InChI=1S/C15H14BrN3O5/c1-2-24-12(21)4-3-11(20)17-7-8-5-9(16)6-10-13(8)19-15(23)14(22)18-10/h3-6H,2,7H2,1H3,(H,17,20)(H,18,22)(H,19,23)/b4-3+. The average molecular weight is 396 g/mol. The molecule has 1 heterocycles. The molecule has 8 nitrogen and oxygen atoms in total. The highest BCUT2D eigenvalue weighted by molar-refractivity contribution is 9.10. The number of benzene rings is 1. The third-order valence-electron chi connectivity index (χ3n) is 2.99. The summed E-state index contributed by atoms with van der Waals surface area (Å²) in [5.74, 6) is -1.11. The van der Waals surface area contributed by atoms with Crippen LogP contribution in [-0.2, 0) is 20.9 Å². The van der Waals surface area contributed by atoms with Gasteiger partial charge in [-0.1, -0.05) is 15.9 Å². The number of carbonyl (C=O) groups excluding carboxylic acids is 2. The number of H-pyrrole nitrogens is 2. The summed E-state index contributed by atoms with van der Waals surface area (Å²) >= 11 is 3.30. The van der Waals surface area contributed by atoms with Gasteiger partial charge in [0.15, 0.2) is 0 Å². The number of aromatic nitrogens is 2. The fourth-order valence-corrected chi connectivity index (χ4v) is 2.48. The Morgan fingerprint density at radius 3 is 2.62 bits per heavy atom. The zero-order valence-corrected chi connectivity index (χ0v) is 14.2. The largest absolute Gasteiger partial charge is 0.463 e. The monoisotopic (exact) mass is 395 g/mol. The topological polar surface area (TPSA) is 121 Å². The fourth-order valence-electron chi connectivity index (χ4n) is 1.97. The highest BCUT2D eigenvalue weighted by Gasteiger charge is 2.08. The Bertz CT molecular complexity index is 929. The van der Waals surface area contributed by atoms with Crippen LogP contribution in [0.1, 0.15) is 12.5 Å². The van der Waals surface area contributed by atoms with Crippen LogP contribution in [0.15, 0.2) is 38.3 Å². The molecule has 3 N–H and O–H groups in total. The number of aromatic amines is 2. The molecule has 0 atom stereocenters. The van der Waals surface area contributed by atoms with Gasteiger partial charge in [0.1, 0.15) is 0 Å². The molecule has 0 spiro atoms. The second-order valence-electron chi connectivity index (χ2n) is 4.70. The Morgan fingerprint density at radius 1 is 1.21 bits per heavy atom. The van der Waals surface area contributed by atoms with Crippen molar-refractivity contribution in [2.45, 2.75) is 13.5 Å². The Morgan fingerprint density at radius 2 is 1.92 bits per heavy atom. The van der Waals surface area contributed by atoms with Crippen LogP contribution in [0.2, 0.25) is 0 Å². The molecule has 0 aliphatic heterocycles. The molecule has 1 aromatic carbocycles. The van der Waals surface area contributed by atoms with Crippen LogP contribution in [0.25, 0.3) is 11.0 Å². The summed E-state index contributed by atoms with van der Waals surface area (Å²) in [6.07, 6.45) is 2.08. The molecule has 126 valence electrons. The van der Waals surface area contributed by atoms with Crippen molar-refractivity contribution >= 4 is 38.8 Å². The van der Waals surface area contributed by atoms with Crippen LogP contribution in [0, 0.1) is 0 Å². The second kappa shape index (κ2) is 7.73. The van der Waals surface area contributed by atoms with Crippen molar-refractivity contribution < 1.29 is 14.3 Å². The molecule has 0 fully saturated rings. The Hall–Kier alpha value is -2.68. The predicted molar refractivity (Wildman–Crippen MR) is 90.5 cm³/mol. The molecule has 2 aromatic rings. The van der Waals surface area contributed by atoms with Crippen molar-refractivity contribution in [3.05, 3.63) is 55.0 Å². The minimum Gasteiger partial charge on any atom is -0.463 e. The lowest BCUT2D eigenvalue weighted by atomic mass is 10.1. The molecule has 9 heteroatoms. The van der Waals surface area contributed by atoms with Crippen molar-refractivity contribution in [1.29, 1.82) is 0 Å². The van der Waals surface area contributed by atoms with E-state index in [0.717, 1.165) is 12.2 Å². The van der Waals surface area contributed by atoms with Gasteiger partial charge >= 0.3 is 17.1 Å². The van der Waals surface area contributed by atoms with Gasteiger partial charge in [-0.05, 0) is 24.6 Å². The number of rotatable bonds is 5. The van der Waals surface area contributed by atoms with E-state index in [2.05, 4.69) is 36.0 Å². The first-order valence-electron chi connectivity index (χ1n) is 6.98. The molecular weight excluding hydrogens is 382 g/mol. The predicted octanol–water partition coefficient (Wildman–Crippen LogP) is 0.714. The van der Waals surface area contributed by atoms with Crippen molar-refractivity contribution in [2.75, 3.05) is 6.61 Å². The minimum absolute atomic E-state index is 0.0872. The number of hydrogen-bond donors (Lipinski definition) is 3. The summed E-state index contributed by atoms with van der Waals surface area (Å²) in [5.41, 5.74) is -0.101. The van der Waals surface area contributed by atoms with Crippen LogP contribution in [0.3, 0.4) is 0 Å². The first-order valence-corrected chi connectivity index (χ1v) is 7.77. The molecule has 1 amide bonds. The summed E-state index contributed by atoms with van der Waals surface area (Å²) in [5, 5.41) is 2.58. The SMILES string of the molecule is CCOC(=O)/C=C/C(=O)NCc1cc(Br)cc2[nH]c(=O)c(=O)[nH]c12. The summed E-state index contributed by atoms with van der Waals surface area (Å²) < 4.78 is 5.34. The van der Waals surface area contributed by atoms with Crippen LogP contribution in [0.5, 0.6) is 0 Å². The van der Waals surface area contributed by atoms with E-state index in [4.69, 9.17) is 0 Å². The maximum absolute atomic E-state index is 11.7. The van der Waals surface area contributed by atoms with Gasteiger partial charge in [-0.2, -0.15) is 0 Å². The molecule has 0 bridgehead atoms. The lowest BCUT2D eigenvalue weighted by molar-refractivity contribution is -0.137. The summed E-state index contributed by atoms with van der Waals surface area (Å²) in [4.78, 5) is 50.7. The van der Waals surface area contributed by atoms with Gasteiger partial charge in [0, 0.05) is 23.2 Å². The molecular formula is C15H14BrN3O5. The van der Waals surface area contributed by atoms with Crippen molar-refractivity contribution in [1.82, 2.24) is 15.3 Å². The van der Waals surface area contributed by atoms with E-state index in [0.29, 0.717) is 21.1 Å². The van der Waals surface area contributed by atoms with E-state index in [1.807, 2.05) is 0 Å². The van der Waals surface area contributed by atoms with Gasteiger partial charge in [0.05, 0.1) is 17.6 Å². The maximum atomic E-state index is 11.7. The van der Waals surface area contributed by atoms with Gasteiger partial charge in [-0.15, -0.1) is 0 Å². The van der Waals surface area contributed by atoms with E-state index in [-0.39, 0.29) is 13.2 Å². The number of halogens is 1. The molecule has 0 aliphatic rings. The number of ether oxygens (including phenoxy) is 1. The molecule has 1 aromatic heterocycles. The third-order valence-corrected chi connectivity index (χ3v) is 3.45. The molecule has 0 radical (unpaired) electrons.